The van der Waals surface area contributed by atoms with Crippen LogP contribution in [0.15, 0.2) is 48.5 Å². The van der Waals surface area contributed by atoms with Gasteiger partial charge in [0.2, 0.25) is 0 Å². The first-order chi connectivity index (χ1) is 9.16. The van der Waals surface area contributed by atoms with Gasteiger partial charge in [0.15, 0.2) is 0 Å². The molecule has 0 aliphatic carbocycles. The molecule has 1 N–H and O–H groups in total. The predicted molar refractivity (Wildman–Crippen MR) is 76.3 cm³/mol. The van der Waals surface area contributed by atoms with E-state index in [0.717, 1.165) is 21.3 Å². The number of aliphatic hydroxyl groups excluding tert-OH is 1. The topological polar surface area (TPSA) is 40.5 Å². The van der Waals surface area contributed by atoms with Gasteiger partial charge in [0.25, 0.3) is 0 Å². The van der Waals surface area contributed by atoms with Crippen molar-refractivity contribution >= 4 is 24.0 Å². The number of anilines is 1. The zero-order valence-electron chi connectivity index (χ0n) is 10.6. The summed E-state index contributed by atoms with van der Waals surface area (Å²) in [6.45, 7) is 0. The van der Waals surface area contributed by atoms with E-state index in [2.05, 4.69) is 0 Å². The Kier molecular flexibility index (Phi) is 3.23. The van der Waals surface area contributed by atoms with Crippen LogP contribution in [0.1, 0.15) is 17.2 Å². The van der Waals surface area contributed by atoms with Gasteiger partial charge in [-0.05, 0) is 0 Å². The summed E-state index contributed by atoms with van der Waals surface area (Å²) in [6, 6.07) is 15.3. The third-order valence-electron chi connectivity index (χ3n) is 3.38. The Hall–Kier alpha value is -1.48. The fraction of sp³-hybridized carbons (Fsp3) is 0.200. The standard InChI is InChI=1S/C15H15NO2Se/c1-16-10-19(18)14-9-12(7-8-13(14)16)15(17)11-5-3-2-4-6-11/h2-9,15,17H,10H2,1H3. The number of rotatable bonds is 2. The second-order valence-electron chi connectivity index (χ2n) is 4.71. The van der Waals surface area contributed by atoms with Gasteiger partial charge in [-0.3, -0.25) is 0 Å². The minimum atomic E-state index is -1.96. The first kappa shape index (κ1) is 12.5. The molecule has 0 saturated carbocycles. The molecule has 0 fully saturated rings. The summed E-state index contributed by atoms with van der Waals surface area (Å²) in [7, 11) is 1.95. The molecule has 2 unspecified atom stereocenters. The predicted octanol–water partition coefficient (Wildman–Crippen LogP) is 1.39. The van der Waals surface area contributed by atoms with Gasteiger partial charge in [-0.15, -0.1) is 0 Å². The van der Waals surface area contributed by atoms with Crippen LogP contribution < -0.4 is 9.36 Å². The fourth-order valence-electron chi connectivity index (χ4n) is 2.34. The van der Waals surface area contributed by atoms with Gasteiger partial charge < -0.3 is 0 Å². The van der Waals surface area contributed by atoms with Crippen molar-refractivity contribution in [2.45, 2.75) is 6.10 Å². The summed E-state index contributed by atoms with van der Waals surface area (Å²) in [4.78, 5) is 2.02. The van der Waals surface area contributed by atoms with Crippen LogP contribution in [-0.4, -0.2) is 31.4 Å². The molecule has 2 aromatic rings. The zero-order valence-corrected chi connectivity index (χ0v) is 12.3. The van der Waals surface area contributed by atoms with E-state index in [4.69, 9.17) is 0 Å². The second-order valence-corrected chi connectivity index (χ2v) is 7.63. The molecule has 0 bridgehead atoms. The molecule has 0 radical (unpaired) electrons. The van der Waals surface area contributed by atoms with Gasteiger partial charge in [0.1, 0.15) is 0 Å². The molecule has 1 aliphatic rings. The quantitative estimate of drug-likeness (QED) is 0.850. The molecule has 2 aromatic carbocycles. The maximum absolute atomic E-state index is 12.1. The van der Waals surface area contributed by atoms with E-state index in [1.54, 1.807) is 0 Å². The van der Waals surface area contributed by atoms with Gasteiger partial charge in [0.05, 0.1) is 0 Å². The van der Waals surface area contributed by atoms with E-state index in [1.807, 2.05) is 60.5 Å². The average molecular weight is 320 g/mol. The SMILES string of the molecule is CN1C[Se](=O)c2cc(C(O)c3ccccc3)ccc21. The Labute approximate surface area is 116 Å². The summed E-state index contributed by atoms with van der Waals surface area (Å²) in [5.74, 6) is 0. The molecule has 0 saturated heterocycles. The van der Waals surface area contributed by atoms with Gasteiger partial charge in [0, 0.05) is 0 Å². The van der Waals surface area contributed by atoms with E-state index in [-0.39, 0.29) is 0 Å². The summed E-state index contributed by atoms with van der Waals surface area (Å²) in [6.07, 6.45) is -0.656. The van der Waals surface area contributed by atoms with Crippen molar-refractivity contribution < 1.29 is 8.94 Å². The molecule has 0 spiro atoms. The third kappa shape index (κ3) is 2.23. The van der Waals surface area contributed by atoms with E-state index < -0.39 is 19.9 Å². The van der Waals surface area contributed by atoms with E-state index >= 15 is 0 Å². The summed E-state index contributed by atoms with van der Waals surface area (Å²) in [5, 5.41) is 10.4. The number of fused-ring (bicyclic) bond motifs is 1. The van der Waals surface area contributed by atoms with Crippen LogP contribution in [-0.2, 0) is 3.83 Å². The van der Waals surface area contributed by atoms with Crippen LogP contribution in [0.4, 0.5) is 5.69 Å². The number of hydrogen-bond donors (Lipinski definition) is 1. The molecule has 1 heterocycles. The van der Waals surface area contributed by atoms with Crippen molar-refractivity contribution in [1.29, 1.82) is 0 Å². The van der Waals surface area contributed by atoms with Gasteiger partial charge in [-0.1, -0.05) is 0 Å². The Morgan fingerprint density at radius 3 is 2.63 bits per heavy atom. The Balaban J connectivity index is 2.00. The molecule has 19 heavy (non-hydrogen) atoms. The normalized spacial score (nSPS) is 19.3. The monoisotopic (exact) mass is 321 g/mol. The fourth-order valence-corrected chi connectivity index (χ4v) is 5.18. The number of benzene rings is 2. The van der Waals surface area contributed by atoms with Crippen molar-refractivity contribution in [3.63, 3.8) is 0 Å². The Morgan fingerprint density at radius 1 is 1.16 bits per heavy atom. The maximum atomic E-state index is 12.1. The number of nitrogens with zero attached hydrogens (tertiary/aromatic N) is 1. The van der Waals surface area contributed by atoms with E-state index in [1.165, 1.54) is 0 Å². The van der Waals surface area contributed by atoms with Crippen molar-refractivity contribution in [3.05, 3.63) is 59.7 Å². The van der Waals surface area contributed by atoms with E-state index in [0.29, 0.717) is 5.44 Å². The number of aliphatic hydroxyl groups is 1. The summed E-state index contributed by atoms with van der Waals surface area (Å²) in [5.41, 5.74) is 3.32. The van der Waals surface area contributed by atoms with Crippen LogP contribution in [0.25, 0.3) is 0 Å². The zero-order chi connectivity index (χ0) is 13.4. The van der Waals surface area contributed by atoms with Crippen molar-refractivity contribution in [2.75, 3.05) is 17.4 Å². The third-order valence-corrected chi connectivity index (χ3v) is 6.40. The summed E-state index contributed by atoms with van der Waals surface area (Å²) >= 11 is -1.96. The molecule has 0 amide bonds. The number of hydrogen-bond acceptors (Lipinski definition) is 3. The van der Waals surface area contributed by atoms with Crippen LogP contribution in [0, 0.1) is 0 Å². The van der Waals surface area contributed by atoms with Gasteiger partial charge in [-0.2, -0.15) is 0 Å². The van der Waals surface area contributed by atoms with Crippen LogP contribution in [0.5, 0.6) is 0 Å². The molecule has 0 aromatic heterocycles. The van der Waals surface area contributed by atoms with Crippen molar-refractivity contribution in [1.82, 2.24) is 0 Å². The molecule has 3 nitrogen and oxygen atoms in total. The van der Waals surface area contributed by atoms with Crippen LogP contribution in [0.2, 0.25) is 0 Å². The molecule has 4 heteroatoms. The molecule has 3 rings (SSSR count). The summed E-state index contributed by atoms with van der Waals surface area (Å²) < 4.78 is 13.0. The Bertz CT molecular complexity index is 627. The first-order valence-corrected chi connectivity index (χ1v) is 8.90. The minimum absolute atomic E-state index is 0.625. The van der Waals surface area contributed by atoms with E-state index in [9.17, 15) is 8.94 Å². The molecular weight excluding hydrogens is 305 g/mol. The molecular formula is C15H15NO2Se. The average Bonchev–Trinajstić information content (AvgIpc) is 2.74. The molecule has 98 valence electrons. The second kappa shape index (κ2) is 4.89. The molecule has 1 aliphatic heterocycles. The van der Waals surface area contributed by atoms with Crippen molar-refractivity contribution in [3.8, 4) is 0 Å². The van der Waals surface area contributed by atoms with Gasteiger partial charge in [-0.25, -0.2) is 0 Å². The van der Waals surface area contributed by atoms with Crippen molar-refractivity contribution in [2.24, 2.45) is 0 Å². The molecule has 2 atom stereocenters. The first-order valence-electron chi connectivity index (χ1n) is 6.13. The Morgan fingerprint density at radius 2 is 1.89 bits per heavy atom. The van der Waals surface area contributed by atoms with Crippen LogP contribution in [0.3, 0.4) is 0 Å². The van der Waals surface area contributed by atoms with Gasteiger partial charge >= 0.3 is 116 Å². The van der Waals surface area contributed by atoms with Crippen LogP contribution >= 0.6 is 0 Å².